The van der Waals surface area contributed by atoms with Crippen LogP contribution in [0.1, 0.15) is 5.56 Å². The number of nitrogens with one attached hydrogen (secondary N) is 3. The lowest BCUT2D eigenvalue weighted by Crippen LogP contribution is -2.34. The van der Waals surface area contributed by atoms with Gasteiger partial charge in [-0.15, -0.1) is 0 Å². The molecule has 3 aromatic rings. The summed E-state index contributed by atoms with van der Waals surface area (Å²) in [4.78, 5) is 14.9. The first kappa shape index (κ1) is 16.9. The lowest BCUT2D eigenvalue weighted by molar-refractivity contribution is -0.119. The number of aromatic nitrogens is 1. The van der Waals surface area contributed by atoms with Crippen molar-refractivity contribution in [1.82, 2.24) is 15.1 Å². The lowest BCUT2D eigenvalue weighted by Gasteiger charge is -2.05. The maximum absolute atomic E-state index is 12.0. The van der Waals surface area contributed by atoms with E-state index in [1.807, 2.05) is 24.3 Å². The molecular formula is C17H16N4O3S. The Balaban J connectivity index is 1.56. The second-order valence-corrected chi connectivity index (χ2v) is 6.99. The molecular weight excluding hydrogens is 340 g/mol. The monoisotopic (exact) mass is 356 g/mol. The van der Waals surface area contributed by atoms with Crippen LogP contribution < -0.4 is 10.1 Å². The molecule has 2 aromatic carbocycles. The van der Waals surface area contributed by atoms with Crippen LogP contribution in [0.2, 0.25) is 0 Å². The molecule has 0 bridgehead atoms. The minimum atomic E-state index is -3.72. The van der Waals surface area contributed by atoms with E-state index in [4.69, 9.17) is 0 Å². The number of rotatable bonds is 6. The molecule has 3 rings (SSSR count). The first-order valence-corrected chi connectivity index (χ1v) is 8.97. The van der Waals surface area contributed by atoms with Gasteiger partial charge in [-0.05, 0) is 18.2 Å². The van der Waals surface area contributed by atoms with E-state index in [-0.39, 0.29) is 4.90 Å². The van der Waals surface area contributed by atoms with Crippen LogP contribution in [-0.4, -0.2) is 32.1 Å². The van der Waals surface area contributed by atoms with Crippen molar-refractivity contribution in [2.45, 2.75) is 4.90 Å². The van der Waals surface area contributed by atoms with Crippen molar-refractivity contribution in [1.29, 1.82) is 0 Å². The molecule has 0 fully saturated rings. The summed E-state index contributed by atoms with van der Waals surface area (Å²) in [6.07, 6.45) is 3.28. The maximum atomic E-state index is 12.0. The van der Waals surface area contributed by atoms with E-state index in [0.29, 0.717) is 0 Å². The van der Waals surface area contributed by atoms with E-state index in [9.17, 15) is 13.2 Å². The number of hydrogen-bond donors (Lipinski definition) is 3. The van der Waals surface area contributed by atoms with Gasteiger partial charge in [-0.1, -0.05) is 36.4 Å². The van der Waals surface area contributed by atoms with Crippen LogP contribution in [0.3, 0.4) is 0 Å². The fourth-order valence-corrected chi connectivity index (χ4v) is 3.26. The van der Waals surface area contributed by atoms with Crippen molar-refractivity contribution >= 4 is 33.0 Å². The second-order valence-electron chi connectivity index (χ2n) is 5.22. The Labute approximate surface area is 144 Å². The zero-order valence-corrected chi connectivity index (χ0v) is 14.0. The third kappa shape index (κ3) is 4.11. The molecule has 0 aliphatic carbocycles. The van der Waals surface area contributed by atoms with Gasteiger partial charge in [0.1, 0.15) is 0 Å². The molecule has 0 aliphatic heterocycles. The minimum absolute atomic E-state index is 0.102. The lowest BCUT2D eigenvalue weighted by atomic mass is 10.2. The van der Waals surface area contributed by atoms with Gasteiger partial charge in [0.05, 0.1) is 17.7 Å². The number of aromatic amines is 1. The quantitative estimate of drug-likeness (QED) is 0.461. The molecule has 1 amide bonds. The molecule has 0 aliphatic rings. The molecule has 1 heterocycles. The molecule has 7 nitrogen and oxygen atoms in total. The fourth-order valence-electron chi connectivity index (χ4n) is 2.26. The molecule has 25 heavy (non-hydrogen) atoms. The highest BCUT2D eigenvalue weighted by Crippen LogP contribution is 2.15. The number of hydrazone groups is 1. The van der Waals surface area contributed by atoms with Gasteiger partial charge in [-0.3, -0.25) is 4.79 Å². The Kier molecular flexibility index (Phi) is 4.92. The first-order valence-electron chi connectivity index (χ1n) is 7.49. The topological polar surface area (TPSA) is 103 Å². The Bertz CT molecular complexity index is 1010. The van der Waals surface area contributed by atoms with Crippen molar-refractivity contribution in [3.05, 3.63) is 66.4 Å². The summed E-state index contributed by atoms with van der Waals surface area (Å²) >= 11 is 0. The number of fused-ring (bicyclic) bond motifs is 1. The second kappa shape index (κ2) is 7.29. The van der Waals surface area contributed by atoms with Gasteiger partial charge in [-0.2, -0.15) is 5.10 Å². The van der Waals surface area contributed by atoms with Crippen LogP contribution in [0.4, 0.5) is 0 Å². The third-order valence-corrected chi connectivity index (χ3v) is 4.91. The van der Waals surface area contributed by atoms with Crippen molar-refractivity contribution in [2.75, 3.05) is 6.54 Å². The van der Waals surface area contributed by atoms with E-state index in [1.54, 1.807) is 24.4 Å². The van der Waals surface area contributed by atoms with Gasteiger partial charge in [0.2, 0.25) is 10.0 Å². The SMILES string of the molecule is O=C(CNS(=O)(=O)c1ccccc1)N/N=C/c1c[nH]c2ccccc12. The summed E-state index contributed by atoms with van der Waals surface area (Å²) in [6, 6.07) is 15.5. The van der Waals surface area contributed by atoms with Crippen LogP contribution in [0.25, 0.3) is 10.9 Å². The van der Waals surface area contributed by atoms with E-state index < -0.39 is 22.5 Å². The zero-order chi connectivity index (χ0) is 17.7. The predicted octanol–water partition coefficient (Wildman–Crippen LogP) is 1.60. The highest BCUT2D eigenvalue weighted by molar-refractivity contribution is 7.89. The molecule has 8 heteroatoms. The van der Waals surface area contributed by atoms with E-state index >= 15 is 0 Å². The summed E-state index contributed by atoms with van der Waals surface area (Å²) in [6.45, 7) is -0.400. The van der Waals surface area contributed by atoms with E-state index in [0.717, 1.165) is 16.5 Å². The predicted molar refractivity (Wildman–Crippen MR) is 95.7 cm³/mol. The van der Waals surface area contributed by atoms with Gasteiger partial charge in [0.25, 0.3) is 5.91 Å². The Morgan fingerprint density at radius 3 is 2.60 bits per heavy atom. The highest BCUT2D eigenvalue weighted by Gasteiger charge is 2.14. The molecule has 0 radical (unpaired) electrons. The normalized spacial score (nSPS) is 11.8. The van der Waals surface area contributed by atoms with Crippen molar-refractivity contribution in [2.24, 2.45) is 5.10 Å². The number of benzene rings is 2. The molecule has 3 N–H and O–H groups in total. The summed E-state index contributed by atoms with van der Waals surface area (Å²) in [7, 11) is -3.72. The summed E-state index contributed by atoms with van der Waals surface area (Å²) in [5.74, 6) is -0.560. The third-order valence-electron chi connectivity index (χ3n) is 3.49. The van der Waals surface area contributed by atoms with Gasteiger partial charge >= 0.3 is 0 Å². The Morgan fingerprint density at radius 2 is 1.80 bits per heavy atom. The summed E-state index contributed by atoms with van der Waals surface area (Å²) in [5, 5.41) is 4.84. The van der Waals surface area contributed by atoms with Crippen LogP contribution in [-0.2, 0) is 14.8 Å². The highest BCUT2D eigenvalue weighted by atomic mass is 32.2. The standard InChI is InChI=1S/C17H16N4O3S/c22-17(12-20-25(23,24)14-6-2-1-3-7-14)21-19-11-13-10-18-16-9-5-4-8-15(13)16/h1-11,18,20H,12H2,(H,21,22)/b19-11+. The average molecular weight is 356 g/mol. The largest absolute Gasteiger partial charge is 0.361 e. The van der Waals surface area contributed by atoms with Gasteiger partial charge in [-0.25, -0.2) is 18.6 Å². The van der Waals surface area contributed by atoms with Gasteiger partial charge in [0, 0.05) is 22.7 Å². The summed E-state index contributed by atoms with van der Waals surface area (Å²) < 4.78 is 26.2. The molecule has 1 aromatic heterocycles. The van der Waals surface area contributed by atoms with Gasteiger partial charge < -0.3 is 4.98 Å². The van der Waals surface area contributed by atoms with E-state index in [2.05, 4.69) is 20.2 Å². The number of H-pyrrole nitrogens is 1. The Morgan fingerprint density at radius 1 is 1.08 bits per heavy atom. The maximum Gasteiger partial charge on any atom is 0.255 e. The van der Waals surface area contributed by atoms with Crippen LogP contribution in [0.5, 0.6) is 0 Å². The molecule has 0 atom stereocenters. The first-order chi connectivity index (χ1) is 12.1. The van der Waals surface area contributed by atoms with E-state index in [1.165, 1.54) is 18.3 Å². The molecule has 0 saturated heterocycles. The zero-order valence-electron chi connectivity index (χ0n) is 13.1. The van der Waals surface area contributed by atoms with Crippen LogP contribution in [0, 0.1) is 0 Å². The fraction of sp³-hybridized carbons (Fsp3) is 0.0588. The number of carbonyl (C=O) groups excluding carboxylic acids is 1. The number of hydrogen-bond acceptors (Lipinski definition) is 4. The van der Waals surface area contributed by atoms with Crippen LogP contribution in [0.15, 0.2) is 70.8 Å². The van der Waals surface area contributed by atoms with Crippen LogP contribution >= 0.6 is 0 Å². The van der Waals surface area contributed by atoms with Crippen molar-refractivity contribution in [3.63, 3.8) is 0 Å². The molecule has 128 valence electrons. The number of para-hydroxylation sites is 1. The number of sulfonamides is 1. The van der Waals surface area contributed by atoms with Gasteiger partial charge in [0.15, 0.2) is 0 Å². The Hall–Kier alpha value is -2.97. The summed E-state index contributed by atoms with van der Waals surface area (Å²) in [5.41, 5.74) is 4.08. The smallest absolute Gasteiger partial charge is 0.255 e. The minimum Gasteiger partial charge on any atom is -0.361 e. The molecule has 0 spiro atoms. The number of nitrogens with zero attached hydrogens (tertiary/aromatic N) is 1. The average Bonchev–Trinajstić information content (AvgIpc) is 3.04. The molecule has 0 unspecified atom stereocenters. The number of carbonyl (C=O) groups is 1. The van der Waals surface area contributed by atoms with Crippen molar-refractivity contribution < 1.29 is 13.2 Å². The van der Waals surface area contributed by atoms with Crippen molar-refractivity contribution in [3.8, 4) is 0 Å². The molecule has 0 saturated carbocycles. The number of amides is 1.